The number of ether oxygens (including phenoxy) is 1. The maximum atomic E-state index is 10.0. The summed E-state index contributed by atoms with van der Waals surface area (Å²) in [6, 6.07) is 4.23. The fraction of sp³-hybridized carbons (Fsp3) is 0.583. The maximum absolute atomic E-state index is 10.0. The molecule has 0 unspecified atom stereocenters. The van der Waals surface area contributed by atoms with E-state index in [2.05, 4.69) is 37.8 Å². The first kappa shape index (κ1) is 20.1. The predicted octanol–water partition coefficient (Wildman–Crippen LogP) is 4.68. The molecule has 1 fully saturated rings. The van der Waals surface area contributed by atoms with Gasteiger partial charge in [-0.2, -0.15) is 0 Å². The van der Waals surface area contributed by atoms with Crippen molar-refractivity contribution in [2.75, 3.05) is 24.6 Å². The van der Waals surface area contributed by atoms with Crippen LogP contribution >= 0.6 is 0 Å². The van der Waals surface area contributed by atoms with Crippen molar-refractivity contribution in [3.05, 3.63) is 35.2 Å². The first-order valence-corrected chi connectivity index (χ1v) is 11.1. The number of piperidine rings is 1. The fourth-order valence-electron chi connectivity index (χ4n) is 5.11. The highest BCUT2D eigenvalue weighted by molar-refractivity contribution is 5.69. The van der Waals surface area contributed by atoms with Crippen LogP contribution in [0.1, 0.15) is 62.8 Å². The summed E-state index contributed by atoms with van der Waals surface area (Å²) in [4.78, 5) is 11.9. The molecule has 4 rings (SSSR count). The summed E-state index contributed by atoms with van der Waals surface area (Å²) in [5.41, 5.74) is 5.35. The Morgan fingerprint density at radius 1 is 1.21 bits per heavy atom. The van der Waals surface area contributed by atoms with E-state index >= 15 is 0 Å². The summed E-state index contributed by atoms with van der Waals surface area (Å²) in [7, 11) is 0. The summed E-state index contributed by atoms with van der Waals surface area (Å²) >= 11 is 0. The van der Waals surface area contributed by atoms with E-state index in [-0.39, 0.29) is 6.61 Å². The molecule has 0 saturated carbocycles. The fourth-order valence-corrected chi connectivity index (χ4v) is 5.11. The molecule has 2 aromatic rings. The van der Waals surface area contributed by atoms with Crippen molar-refractivity contribution in [1.29, 1.82) is 0 Å². The van der Waals surface area contributed by atoms with Crippen LogP contribution in [0.3, 0.4) is 0 Å². The molecule has 0 radical (unpaired) electrons. The summed E-state index contributed by atoms with van der Waals surface area (Å²) in [6.45, 7) is 9.31. The number of fused-ring (bicyclic) bond motifs is 1. The molecular weight excluding hydrogens is 362 g/mol. The van der Waals surface area contributed by atoms with Gasteiger partial charge in [0.25, 0.3) is 0 Å². The number of hydrogen-bond acceptors (Lipinski definition) is 5. The average Bonchev–Trinajstić information content (AvgIpc) is 3.24. The van der Waals surface area contributed by atoms with Crippen LogP contribution in [0.2, 0.25) is 0 Å². The monoisotopic (exact) mass is 395 g/mol. The summed E-state index contributed by atoms with van der Waals surface area (Å²) in [6.07, 6.45) is 8.98. The Bertz CT molecular complexity index is 873. The zero-order valence-corrected chi connectivity index (χ0v) is 18.0. The van der Waals surface area contributed by atoms with Crippen molar-refractivity contribution in [2.24, 2.45) is 5.41 Å². The van der Waals surface area contributed by atoms with Gasteiger partial charge in [-0.05, 0) is 37.2 Å². The number of aromatic nitrogens is 2. The van der Waals surface area contributed by atoms with Gasteiger partial charge in [-0.1, -0.05) is 38.8 Å². The normalized spacial score (nSPS) is 17.9. The highest BCUT2D eigenvalue weighted by Gasteiger charge is 2.33. The van der Waals surface area contributed by atoms with Crippen molar-refractivity contribution in [2.45, 2.75) is 65.9 Å². The van der Waals surface area contributed by atoms with Crippen LogP contribution in [-0.4, -0.2) is 34.8 Å². The van der Waals surface area contributed by atoms with Crippen LogP contribution in [-0.2, 0) is 13.0 Å². The van der Waals surface area contributed by atoms with Gasteiger partial charge < -0.3 is 14.7 Å². The van der Waals surface area contributed by atoms with E-state index in [0.717, 1.165) is 54.5 Å². The van der Waals surface area contributed by atoms with Gasteiger partial charge in [-0.25, -0.2) is 9.97 Å². The molecule has 0 aliphatic carbocycles. The van der Waals surface area contributed by atoms with Crippen molar-refractivity contribution >= 4 is 5.82 Å². The molecule has 0 bridgehead atoms. The van der Waals surface area contributed by atoms with Gasteiger partial charge in [0, 0.05) is 30.6 Å². The molecule has 1 N–H and O–H groups in total. The van der Waals surface area contributed by atoms with Crippen molar-refractivity contribution in [3.8, 4) is 17.0 Å². The van der Waals surface area contributed by atoms with Gasteiger partial charge in [0.15, 0.2) is 5.82 Å². The molecule has 2 aliphatic heterocycles. The number of hydrogen-bond donors (Lipinski definition) is 1. The first-order chi connectivity index (χ1) is 14.1. The standard InChI is InChI=1S/C24H33N3O2/c1-4-9-24(5-2)10-12-27(13-11-24)23-21(16-28)26-20(15-25-23)19-7-6-18-8-14-29-22(18)17(19)3/h6-7,15,28H,4-5,8-14,16H2,1-3H3. The lowest BCUT2D eigenvalue weighted by atomic mass is 9.73. The van der Waals surface area contributed by atoms with E-state index in [0.29, 0.717) is 11.1 Å². The van der Waals surface area contributed by atoms with Crippen LogP contribution in [0.4, 0.5) is 5.82 Å². The number of nitrogens with zero attached hydrogens (tertiary/aromatic N) is 3. The lowest BCUT2D eigenvalue weighted by molar-refractivity contribution is 0.187. The molecule has 1 aromatic heterocycles. The lowest BCUT2D eigenvalue weighted by Gasteiger charge is -2.42. The SMILES string of the molecule is CCCC1(CC)CCN(c2ncc(-c3ccc4c(c3C)OCC4)nc2CO)CC1. The van der Waals surface area contributed by atoms with Crippen molar-refractivity contribution in [3.63, 3.8) is 0 Å². The molecule has 1 saturated heterocycles. The highest BCUT2D eigenvalue weighted by Crippen LogP contribution is 2.41. The van der Waals surface area contributed by atoms with E-state index in [1.807, 2.05) is 6.20 Å². The summed E-state index contributed by atoms with van der Waals surface area (Å²) < 4.78 is 5.81. The Morgan fingerprint density at radius 3 is 2.69 bits per heavy atom. The molecule has 0 amide bonds. The lowest BCUT2D eigenvalue weighted by Crippen LogP contribution is -2.40. The van der Waals surface area contributed by atoms with Crippen LogP contribution < -0.4 is 9.64 Å². The minimum atomic E-state index is -0.0962. The second-order valence-electron chi connectivity index (χ2n) is 8.60. The third-order valence-electron chi connectivity index (χ3n) is 7.01. The Kier molecular flexibility index (Phi) is 5.77. The van der Waals surface area contributed by atoms with Gasteiger partial charge in [0.05, 0.1) is 25.1 Å². The topological polar surface area (TPSA) is 58.5 Å². The van der Waals surface area contributed by atoms with Crippen LogP contribution in [0.15, 0.2) is 18.3 Å². The molecule has 0 spiro atoms. The minimum Gasteiger partial charge on any atom is -0.493 e. The maximum Gasteiger partial charge on any atom is 0.152 e. The van der Waals surface area contributed by atoms with E-state index in [4.69, 9.17) is 14.7 Å². The molecule has 2 aliphatic rings. The molecule has 156 valence electrons. The zero-order valence-electron chi connectivity index (χ0n) is 18.0. The Hall–Kier alpha value is -2.14. The van der Waals surface area contributed by atoms with E-state index < -0.39 is 0 Å². The number of anilines is 1. The van der Waals surface area contributed by atoms with Gasteiger partial charge in [-0.3, -0.25) is 0 Å². The molecule has 3 heterocycles. The summed E-state index contributed by atoms with van der Waals surface area (Å²) in [5.74, 6) is 1.83. The second-order valence-corrected chi connectivity index (χ2v) is 8.60. The largest absolute Gasteiger partial charge is 0.493 e. The third-order valence-corrected chi connectivity index (χ3v) is 7.01. The van der Waals surface area contributed by atoms with Gasteiger partial charge in [0.1, 0.15) is 11.4 Å². The quantitative estimate of drug-likeness (QED) is 0.770. The van der Waals surface area contributed by atoms with Gasteiger partial charge in [-0.15, -0.1) is 0 Å². The van der Waals surface area contributed by atoms with E-state index in [1.54, 1.807) is 0 Å². The van der Waals surface area contributed by atoms with E-state index in [9.17, 15) is 5.11 Å². The van der Waals surface area contributed by atoms with Gasteiger partial charge in [0.2, 0.25) is 0 Å². The summed E-state index contributed by atoms with van der Waals surface area (Å²) in [5, 5.41) is 10.0. The predicted molar refractivity (Wildman–Crippen MR) is 116 cm³/mol. The first-order valence-electron chi connectivity index (χ1n) is 11.1. The van der Waals surface area contributed by atoms with Gasteiger partial charge >= 0.3 is 0 Å². The molecular formula is C24H33N3O2. The molecule has 5 nitrogen and oxygen atoms in total. The Labute approximate surface area is 174 Å². The van der Waals surface area contributed by atoms with Crippen molar-refractivity contribution < 1.29 is 9.84 Å². The van der Waals surface area contributed by atoms with Crippen molar-refractivity contribution in [1.82, 2.24) is 9.97 Å². The van der Waals surface area contributed by atoms with Crippen LogP contribution in [0.5, 0.6) is 5.75 Å². The molecule has 1 aromatic carbocycles. The third kappa shape index (κ3) is 3.73. The smallest absolute Gasteiger partial charge is 0.152 e. The number of rotatable bonds is 6. The Morgan fingerprint density at radius 2 is 2.00 bits per heavy atom. The second kappa shape index (κ2) is 8.31. The molecule has 5 heteroatoms. The Balaban J connectivity index is 1.59. The molecule has 29 heavy (non-hydrogen) atoms. The van der Waals surface area contributed by atoms with Crippen LogP contribution in [0, 0.1) is 12.3 Å². The molecule has 0 atom stereocenters. The minimum absolute atomic E-state index is 0.0962. The number of benzene rings is 1. The van der Waals surface area contributed by atoms with E-state index in [1.165, 1.54) is 37.7 Å². The zero-order chi connectivity index (χ0) is 20.4. The highest BCUT2D eigenvalue weighted by atomic mass is 16.5. The van der Waals surface area contributed by atoms with Crippen LogP contribution in [0.25, 0.3) is 11.3 Å². The average molecular weight is 396 g/mol. The number of aliphatic hydroxyl groups excluding tert-OH is 1. The number of aliphatic hydroxyl groups is 1.